The Morgan fingerprint density at radius 2 is 1.73 bits per heavy atom. The van der Waals surface area contributed by atoms with Gasteiger partial charge in [0.2, 0.25) is 5.91 Å². The van der Waals surface area contributed by atoms with Crippen LogP contribution in [0.4, 0.5) is 5.69 Å². The van der Waals surface area contributed by atoms with Gasteiger partial charge in [-0.2, -0.15) is 0 Å². The van der Waals surface area contributed by atoms with Gasteiger partial charge in [0.05, 0.1) is 0 Å². The van der Waals surface area contributed by atoms with Crippen LogP contribution >= 0.6 is 0 Å². The van der Waals surface area contributed by atoms with E-state index in [9.17, 15) is 4.79 Å². The lowest BCUT2D eigenvalue weighted by Gasteiger charge is -2.32. The summed E-state index contributed by atoms with van der Waals surface area (Å²) in [7, 11) is 0. The molecule has 1 amide bonds. The van der Waals surface area contributed by atoms with Crippen LogP contribution in [0, 0.1) is 5.92 Å². The van der Waals surface area contributed by atoms with Gasteiger partial charge < -0.3 is 10.2 Å². The maximum Gasteiger partial charge on any atom is 0.224 e. The average Bonchev–Trinajstić information content (AvgIpc) is 2.69. The Balaban J connectivity index is 1.39. The van der Waals surface area contributed by atoms with Crippen molar-refractivity contribution in [1.29, 1.82) is 0 Å². The van der Waals surface area contributed by atoms with Gasteiger partial charge in [-0.25, -0.2) is 0 Å². The van der Waals surface area contributed by atoms with Crippen molar-refractivity contribution in [3.63, 3.8) is 0 Å². The fourth-order valence-corrected chi connectivity index (χ4v) is 3.80. The fourth-order valence-electron chi connectivity index (χ4n) is 3.80. The van der Waals surface area contributed by atoms with Crippen molar-refractivity contribution in [2.75, 3.05) is 25.0 Å². The number of hydrogen-bond acceptors (Lipinski definition) is 2. The van der Waals surface area contributed by atoms with Crippen molar-refractivity contribution in [3.8, 4) is 0 Å². The summed E-state index contributed by atoms with van der Waals surface area (Å²) in [6.07, 6.45) is 4.95. The molecule has 3 nitrogen and oxygen atoms in total. The Hall–Kier alpha value is -2.29. The molecule has 0 unspecified atom stereocenters. The second-order valence-electron chi connectivity index (χ2n) is 7.20. The molecule has 1 aliphatic rings. The third-order valence-electron chi connectivity index (χ3n) is 5.39. The maximum atomic E-state index is 12.5. The topological polar surface area (TPSA) is 32.3 Å². The number of benzene rings is 2. The number of carbonyl (C=O) groups excluding carboxylic acids is 1. The molecular formula is C23H30N2O. The molecule has 1 aliphatic heterocycles. The fraction of sp³-hybridized carbons (Fsp3) is 0.435. The van der Waals surface area contributed by atoms with Gasteiger partial charge in [-0.15, -0.1) is 0 Å². The lowest BCUT2D eigenvalue weighted by atomic mass is 9.90. The van der Waals surface area contributed by atoms with E-state index < -0.39 is 0 Å². The largest absolute Gasteiger partial charge is 0.384 e. The van der Waals surface area contributed by atoms with E-state index in [1.807, 2.05) is 6.07 Å². The number of anilines is 1. The molecule has 0 atom stereocenters. The number of rotatable bonds is 7. The summed E-state index contributed by atoms with van der Waals surface area (Å²) in [5, 5.41) is 3.43. The van der Waals surface area contributed by atoms with E-state index >= 15 is 0 Å². The van der Waals surface area contributed by atoms with Crippen molar-refractivity contribution < 1.29 is 4.79 Å². The number of nitrogens with zero attached hydrogens (tertiary/aromatic N) is 1. The van der Waals surface area contributed by atoms with Crippen LogP contribution in [0.25, 0.3) is 0 Å². The zero-order chi connectivity index (χ0) is 18.2. The van der Waals surface area contributed by atoms with Gasteiger partial charge in [0.15, 0.2) is 0 Å². The average molecular weight is 351 g/mol. The minimum atomic E-state index is 0.282. The second kappa shape index (κ2) is 9.42. The summed E-state index contributed by atoms with van der Waals surface area (Å²) < 4.78 is 0. The van der Waals surface area contributed by atoms with Crippen LogP contribution in [-0.2, 0) is 17.6 Å². The van der Waals surface area contributed by atoms with Crippen LogP contribution < -0.4 is 5.32 Å². The Kier molecular flexibility index (Phi) is 6.70. The highest BCUT2D eigenvalue weighted by Crippen LogP contribution is 2.22. The lowest BCUT2D eigenvalue weighted by molar-refractivity contribution is -0.132. The minimum Gasteiger partial charge on any atom is -0.384 e. The van der Waals surface area contributed by atoms with E-state index in [0.717, 1.165) is 44.5 Å². The van der Waals surface area contributed by atoms with Crippen molar-refractivity contribution in [2.45, 2.75) is 39.0 Å². The normalized spacial score (nSPS) is 15.0. The standard InChI is InChI=1S/C23H30N2O/c1-2-21-10-6-7-11-22(21)24-15-12-23(26)25-16-13-20(14-17-25)18-19-8-4-3-5-9-19/h3-11,20,24H,2,12-18H2,1H3. The molecule has 0 spiro atoms. The van der Waals surface area contributed by atoms with Crippen LogP contribution in [0.3, 0.4) is 0 Å². The summed E-state index contributed by atoms with van der Waals surface area (Å²) in [5.74, 6) is 0.987. The van der Waals surface area contributed by atoms with Gasteiger partial charge in [0.1, 0.15) is 0 Å². The SMILES string of the molecule is CCc1ccccc1NCCC(=O)N1CCC(Cc2ccccc2)CC1. The quantitative estimate of drug-likeness (QED) is 0.795. The summed E-state index contributed by atoms with van der Waals surface area (Å²) in [6, 6.07) is 19.0. The van der Waals surface area contributed by atoms with E-state index in [-0.39, 0.29) is 5.91 Å². The van der Waals surface area contributed by atoms with Crippen LogP contribution in [0.1, 0.15) is 37.3 Å². The Morgan fingerprint density at radius 3 is 2.46 bits per heavy atom. The molecule has 3 heteroatoms. The molecule has 0 bridgehead atoms. The first-order valence-corrected chi connectivity index (χ1v) is 9.89. The predicted octanol–water partition coefficient (Wildman–Crippen LogP) is 4.53. The summed E-state index contributed by atoms with van der Waals surface area (Å²) >= 11 is 0. The molecular weight excluding hydrogens is 320 g/mol. The first-order valence-electron chi connectivity index (χ1n) is 9.89. The molecule has 0 saturated carbocycles. The molecule has 1 saturated heterocycles. The molecule has 26 heavy (non-hydrogen) atoms. The number of likely N-dealkylation sites (tertiary alicyclic amines) is 1. The monoisotopic (exact) mass is 350 g/mol. The first-order chi connectivity index (χ1) is 12.8. The molecule has 0 aromatic heterocycles. The van der Waals surface area contributed by atoms with Crippen LogP contribution in [0.15, 0.2) is 54.6 Å². The van der Waals surface area contributed by atoms with Crippen molar-refractivity contribution in [2.24, 2.45) is 5.92 Å². The van der Waals surface area contributed by atoms with E-state index in [4.69, 9.17) is 0 Å². The number of amides is 1. The first kappa shape index (κ1) is 18.5. The predicted molar refractivity (Wildman–Crippen MR) is 108 cm³/mol. The van der Waals surface area contributed by atoms with Gasteiger partial charge in [0.25, 0.3) is 0 Å². The molecule has 3 rings (SSSR count). The minimum absolute atomic E-state index is 0.282. The van der Waals surface area contributed by atoms with Crippen molar-refractivity contribution in [1.82, 2.24) is 4.90 Å². The van der Waals surface area contributed by atoms with E-state index in [0.29, 0.717) is 18.9 Å². The smallest absolute Gasteiger partial charge is 0.224 e. The number of nitrogens with one attached hydrogen (secondary N) is 1. The zero-order valence-corrected chi connectivity index (χ0v) is 15.8. The molecule has 0 aliphatic carbocycles. The molecule has 1 heterocycles. The maximum absolute atomic E-state index is 12.5. The number of piperidine rings is 1. The molecule has 2 aromatic carbocycles. The Morgan fingerprint density at radius 1 is 1.04 bits per heavy atom. The lowest BCUT2D eigenvalue weighted by Crippen LogP contribution is -2.39. The summed E-state index contributed by atoms with van der Waals surface area (Å²) in [4.78, 5) is 14.5. The summed E-state index contributed by atoms with van der Waals surface area (Å²) in [5.41, 5.74) is 3.88. The second-order valence-corrected chi connectivity index (χ2v) is 7.20. The van der Waals surface area contributed by atoms with E-state index in [2.05, 4.69) is 65.7 Å². The van der Waals surface area contributed by atoms with Crippen LogP contribution in [0.5, 0.6) is 0 Å². The number of hydrogen-bond donors (Lipinski definition) is 1. The molecule has 138 valence electrons. The number of aryl methyl sites for hydroxylation is 1. The van der Waals surface area contributed by atoms with Gasteiger partial charge in [-0.1, -0.05) is 55.5 Å². The number of carbonyl (C=O) groups is 1. The third kappa shape index (κ3) is 5.10. The van der Waals surface area contributed by atoms with Crippen LogP contribution in [-0.4, -0.2) is 30.4 Å². The van der Waals surface area contributed by atoms with E-state index in [1.54, 1.807) is 0 Å². The highest BCUT2D eigenvalue weighted by atomic mass is 16.2. The molecule has 2 aromatic rings. The highest BCUT2D eigenvalue weighted by molar-refractivity contribution is 5.76. The zero-order valence-electron chi connectivity index (χ0n) is 15.8. The molecule has 1 fully saturated rings. The molecule has 1 N–H and O–H groups in total. The van der Waals surface area contributed by atoms with Gasteiger partial charge in [0, 0.05) is 31.7 Å². The van der Waals surface area contributed by atoms with Crippen LogP contribution in [0.2, 0.25) is 0 Å². The van der Waals surface area contributed by atoms with Gasteiger partial charge in [-0.05, 0) is 48.8 Å². The summed E-state index contributed by atoms with van der Waals surface area (Å²) in [6.45, 7) is 4.68. The highest BCUT2D eigenvalue weighted by Gasteiger charge is 2.22. The number of para-hydroxylation sites is 1. The van der Waals surface area contributed by atoms with E-state index in [1.165, 1.54) is 11.1 Å². The molecule has 0 radical (unpaired) electrons. The van der Waals surface area contributed by atoms with Gasteiger partial charge in [-0.3, -0.25) is 4.79 Å². The van der Waals surface area contributed by atoms with Gasteiger partial charge >= 0.3 is 0 Å². The Bertz CT molecular complexity index is 690. The Labute approximate surface area is 157 Å². The van der Waals surface area contributed by atoms with Crippen molar-refractivity contribution in [3.05, 3.63) is 65.7 Å². The van der Waals surface area contributed by atoms with Crippen molar-refractivity contribution >= 4 is 11.6 Å². The third-order valence-corrected chi connectivity index (χ3v) is 5.39.